The molecule has 0 heterocycles. The Morgan fingerprint density at radius 2 is 1.77 bits per heavy atom. The monoisotopic (exact) mass is 583 g/mol. The van der Waals surface area contributed by atoms with Crippen molar-refractivity contribution in [3.8, 4) is 11.8 Å². The summed E-state index contributed by atoms with van der Waals surface area (Å²) >= 11 is 6.00. The van der Waals surface area contributed by atoms with Crippen LogP contribution in [-0.4, -0.2) is 31.8 Å². The number of benzene rings is 2. The van der Waals surface area contributed by atoms with Crippen molar-refractivity contribution in [3.63, 3.8) is 0 Å². The summed E-state index contributed by atoms with van der Waals surface area (Å²) in [4.78, 5) is 18.6. The summed E-state index contributed by atoms with van der Waals surface area (Å²) in [6.07, 6.45) is 4.41. The van der Waals surface area contributed by atoms with Gasteiger partial charge in [-0.3, -0.25) is 9.79 Å². The molecule has 6 rings (SSSR count). The van der Waals surface area contributed by atoms with E-state index in [9.17, 15) is 18.5 Å². The Bertz CT molecular complexity index is 1440. The molecule has 2 aromatic carbocycles. The molecule has 2 aromatic rings. The van der Waals surface area contributed by atoms with E-state index in [0.29, 0.717) is 29.1 Å². The number of halogens is 1. The normalized spacial score (nSPS) is 28.9. The molecule has 4 aliphatic carbocycles. The van der Waals surface area contributed by atoms with E-state index in [1.165, 1.54) is 12.1 Å². The number of sulfonamides is 1. The summed E-state index contributed by atoms with van der Waals surface area (Å²) in [5, 5.41) is 18.4. The van der Waals surface area contributed by atoms with E-state index in [1.54, 1.807) is 43.3 Å². The van der Waals surface area contributed by atoms with Gasteiger partial charge in [0, 0.05) is 11.6 Å². The molecule has 0 radical (unpaired) electrons. The lowest BCUT2D eigenvalue weighted by Crippen LogP contribution is -2.58. The van der Waals surface area contributed by atoms with Crippen LogP contribution < -0.4 is 20.9 Å². The zero-order valence-electron chi connectivity index (χ0n) is 22.3. The summed E-state index contributed by atoms with van der Waals surface area (Å²) in [5.41, 5.74) is 5.84. The van der Waals surface area contributed by atoms with Gasteiger partial charge in [-0.05, 0) is 98.7 Å². The minimum Gasteiger partial charge on any atom is -0.479 e. The summed E-state index contributed by atoms with van der Waals surface area (Å²) in [7, 11) is -3.76. The van der Waals surface area contributed by atoms with Crippen molar-refractivity contribution in [1.82, 2.24) is 5.32 Å². The van der Waals surface area contributed by atoms with Crippen LogP contribution in [0.1, 0.15) is 51.0 Å². The van der Waals surface area contributed by atoms with Crippen molar-refractivity contribution in [1.29, 1.82) is 5.26 Å². The van der Waals surface area contributed by atoms with Crippen molar-refractivity contribution in [2.45, 2.75) is 68.5 Å². The quantitative estimate of drug-likeness (QED) is 0.299. The van der Waals surface area contributed by atoms with Gasteiger partial charge in [0.05, 0.1) is 28.8 Å². The van der Waals surface area contributed by atoms with Crippen LogP contribution in [0.5, 0.6) is 5.75 Å². The molecule has 0 saturated heterocycles. The molecule has 9 nitrogen and oxygen atoms in total. The van der Waals surface area contributed by atoms with Gasteiger partial charge in [-0.15, -0.1) is 0 Å². The number of nitrogens with one attached hydrogen (secondary N) is 1. The van der Waals surface area contributed by atoms with E-state index in [1.807, 2.05) is 0 Å². The van der Waals surface area contributed by atoms with E-state index in [-0.39, 0.29) is 35.1 Å². The predicted molar refractivity (Wildman–Crippen MR) is 152 cm³/mol. The third kappa shape index (κ3) is 5.69. The standard InChI is InChI=1S/C29H34ClN5O4S/c1-28(10-11-31,39-23-6-4-22(30)5-7-23)26(32)35-25-20-12-19-13-21(25)16-29(14-19,15-20)27(36)34-17-18-2-8-24(9-3-18)40(33,37)38/h2-9,19-21,25H,10,12-17H2,1H3,(H2,32,35)(H,34,36)(H2,33,37,38). The van der Waals surface area contributed by atoms with Gasteiger partial charge in [-0.25, -0.2) is 13.6 Å². The third-order valence-corrected chi connectivity index (χ3v) is 9.99. The first-order chi connectivity index (χ1) is 18.9. The zero-order chi connectivity index (χ0) is 28.7. The third-order valence-electron chi connectivity index (χ3n) is 8.81. The van der Waals surface area contributed by atoms with Gasteiger partial charge in [0.15, 0.2) is 5.60 Å². The number of hydrogen-bond acceptors (Lipinski definition) is 6. The van der Waals surface area contributed by atoms with Crippen LogP contribution in [0.3, 0.4) is 0 Å². The summed E-state index contributed by atoms with van der Waals surface area (Å²) in [6.45, 7) is 2.10. The number of nitrogens with two attached hydrogens (primary N) is 2. The second-order valence-corrected chi connectivity index (χ2v) is 13.7. The first kappa shape index (κ1) is 28.4. The van der Waals surface area contributed by atoms with Crippen LogP contribution >= 0.6 is 11.6 Å². The Labute approximate surface area is 240 Å². The maximum Gasteiger partial charge on any atom is 0.238 e. The number of carbonyl (C=O) groups excluding carboxylic acids is 1. The van der Waals surface area contributed by atoms with Crippen LogP contribution in [0.25, 0.3) is 0 Å². The van der Waals surface area contributed by atoms with Crippen molar-refractivity contribution >= 4 is 33.4 Å². The van der Waals surface area contributed by atoms with Crippen molar-refractivity contribution in [2.75, 3.05) is 0 Å². The van der Waals surface area contributed by atoms with E-state index in [0.717, 1.165) is 37.7 Å². The van der Waals surface area contributed by atoms with E-state index in [4.69, 9.17) is 32.2 Å². The molecule has 4 fully saturated rings. The van der Waals surface area contributed by atoms with Crippen molar-refractivity contribution in [3.05, 3.63) is 59.1 Å². The number of amides is 1. The largest absolute Gasteiger partial charge is 0.479 e. The number of aliphatic imine (C=N–C) groups is 1. The van der Waals surface area contributed by atoms with Crippen LogP contribution in [0.4, 0.5) is 0 Å². The van der Waals surface area contributed by atoms with Crippen LogP contribution in [0.2, 0.25) is 5.02 Å². The fourth-order valence-corrected chi connectivity index (χ4v) is 7.68. The molecule has 4 saturated carbocycles. The average Bonchev–Trinajstić information content (AvgIpc) is 2.90. The minimum absolute atomic E-state index is 0.0185. The van der Waals surface area contributed by atoms with Gasteiger partial charge in [-0.1, -0.05) is 23.7 Å². The molecule has 3 unspecified atom stereocenters. The molecule has 1 amide bonds. The molecular weight excluding hydrogens is 550 g/mol. The molecule has 40 heavy (non-hydrogen) atoms. The molecule has 5 N–H and O–H groups in total. The van der Waals surface area contributed by atoms with Gasteiger partial charge < -0.3 is 15.8 Å². The molecular formula is C29H34ClN5O4S. The maximum atomic E-state index is 13.5. The Hall–Kier alpha value is -3.13. The fourth-order valence-electron chi connectivity index (χ4n) is 7.04. The lowest BCUT2D eigenvalue weighted by molar-refractivity contribution is -0.148. The van der Waals surface area contributed by atoms with Crippen LogP contribution in [0.15, 0.2) is 58.4 Å². The number of nitriles is 1. The highest BCUT2D eigenvalue weighted by Crippen LogP contribution is 2.61. The summed E-state index contributed by atoms with van der Waals surface area (Å²) in [6, 6.07) is 15.3. The maximum absolute atomic E-state index is 13.5. The average molecular weight is 584 g/mol. The second-order valence-electron chi connectivity index (χ2n) is 11.7. The molecule has 11 heteroatoms. The SMILES string of the molecule is CC(CC#N)(Oc1ccc(Cl)cc1)C(N)=NC1C2CC3CC1CC(C(=O)NCc1ccc(S(N)(=O)=O)cc1)(C3)C2. The minimum atomic E-state index is -3.76. The molecule has 212 valence electrons. The van der Waals surface area contributed by atoms with Gasteiger partial charge in [0.1, 0.15) is 11.6 Å². The molecule has 4 aliphatic rings. The van der Waals surface area contributed by atoms with Gasteiger partial charge in [0.25, 0.3) is 0 Å². The Morgan fingerprint density at radius 1 is 1.15 bits per heavy atom. The molecule has 0 aliphatic heterocycles. The smallest absolute Gasteiger partial charge is 0.238 e. The first-order valence-corrected chi connectivity index (χ1v) is 15.4. The lowest BCUT2D eigenvalue weighted by atomic mass is 9.47. The number of amidine groups is 1. The number of carbonyl (C=O) groups is 1. The zero-order valence-corrected chi connectivity index (χ0v) is 23.9. The summed E-state index contributed by atoms with van der Waals surface area (Å²) < 4.78 is 29.2. The number of primary sulfonamides is 1. The highest BCUT2D eigenvalue weighted by Gasteiger charge is 2.58. The number of hydrogen-bond donors (Lipinski definition) is 3. The Morgan fingerprint density at radius 3 is 2.35 bits per heavy atom. The van der Waals surface area contributed by atoms with E-state index >= 15 is 0 Å². The molecule has 3 atom stereocenters. The highest BCUT2D eigenvalue weighted by atomic mass is 35.5. The number of rotatable bonds is 9. The second kappa shape index (κ2) is 10.7. The Kier molecular flexibility index (Phi) is 7.59. The van der Waals surface area contributed by atoms with Crippen molar-refractivity contribution < 1.29 is 17.9 Å². The summed E-state index contributed by atoms with van der Waals surface area (Å²) in [5.74, 6) is 1.82. The topological polar surface area (TPSA) is 161 Å². The van der Waals surface area contributed by atoms with Gasteiger partial charge >= 0.3 is 0 Å². The highest BCUT2D eigenvalue weighted by molar-refractivity contribution is 7.89. The molecule has 4 bridgehead atoms. The van der Waals surface area contributed by atoms with E-state index in [2.05, 4.69) is 11.4 Å². The predicted octanol–water partition coefficient (Wildman–Crippen LogP) is 3.91. The number of ether oxygens (including phenoxy) is 1. The van der Waals surface area contributed by atoms with Gasteiger partial charge in [-0.2, -0.15) is 5.26 Å². The van der Waals surface area contributed by atoms with Gasteiger partial charge in [0.2, 0.25) is 15.9 Å². The molecule has 0 spiro atoms. The first-order valence-electron chi connectivity index (χ1n) is 13.5. The Balaban J connectivity index is 1.29. The van der Waals surface area contributed by atoms with E-state index < -0.39 is 21.0 Å². The molecule has 0 aromatic heterocycles. The van der Waals surface area contributed by atoms with Crippen LogP contribution in [-0.2, 0) is 21.4 Å². The van der Waals surface area contributed by atoms with Crippen molar-refractivity contribution in [2.24, 2.45) is 39.0 Å². The fraction of sp³-hybridized carbons (Fsp3) is 0.483. The van der Waals surface area contributed by atoms with Crippen LogP contribution in [0, 0.1) is 34.5 Å². The number of nitrogens with zero attached hydrogens (tertiary/aromatic N) is 2. The lowest BCUT2D eigenvalue weighted by Gasteiger charge is -2.58.